The van der Waals surface area contributed by atoms with Crippen LogP contribution in [0, 0.1) is 0 Å². The summed E-state index contributed by atoms with van der Waals surface area (Å²) in [6.07, 6.45) is 9.22. The Labute approximate surface area is 127 Å². The molecule has 2 aliphatic rings. The summed E-state index contributed by atoms with van der Waals surface area (Å²) in [7, 11) is 0. The lowest BCUT2D eigenvalue weighted by molar-refractivity contribution is 0.0213. The molecule has 4 nitrogen and oxygen atoms in total. The van der Waals surface area contributed by atoms with Crippen LogP contribution in [0.3, 0.4) is 0 Å². The van der Waals surface area contributed by atoms with E-state index in [-0.39, 0.29) is 11.4 Å². The van der Waals surface area contributed by atoms with Gasteiger partial charge in [0.2, 0.25) is 0 Å². The number of amides is 1. The fourth-order valence-corrected chi connectivity index (χ4v) is 4.00. The van der Waals surface area contributed by atoms with E-state index >= 15 is 0 Å². The number of aryl methyl sites for hydroxylation is 1. The minimum absolute atomic E-state index is 0.0644. The summed E-state index contributed by atoms with van der Waals surface area (Å²) in [6, 6.07) is 3.98. The maximum absolute atomic E-state index is 13.1. The van der Waals surface area contributed by atoms with E-state index in [2.05, 4.69) is 21.7 Å². The molecule has 0 bridgehead atoms. The van der Waals surface area contributed by atoms with Gasteiger partial charge in [0, 0.05) is 32.4 Å². The Kier molecular flexibility index (Phi) is 4.34. The molecular weight excluding hydrogens is 262 g/mol. The van der Waals surface area contributed by atoms with Crippen molar-refractivity contribution in [2.45, 2.75) is 57.5 Å². The molecule has 1 saturated carbocycles. The van der Waals surface area contributed by atoms with Gasteiger partial charge in [0.05, 0.1) is 5.54 Å². The Hall–Kier alpha value is -1.29. The normalized spacial score (nSPS) is 21.7. The molecule has 4 heteroatoms. The summed E-state index contributed by atoms with van der Waals surface area (Å²) < 4.78 is 2.11. The Bertz CT molecular complexity index is 480. The highest BCUT2D eigenvalue weighted by atomic mass is 16.2. The third-order valence-corrected chi connectivity index (χ3v) is 5.08. The van der Waals surface area contributed by atoms with E-state index in [0.717, 1.165) is 51.1 Å². The van der Waals surface area contributed by atoms with E-state index in [1.165, 1.54) is 19.3 Å². The first-order chi connectivity index (χ1) is 10.3. The average Bonchev–Trinajstić information content (AvgIpc) is 2.97. The molecule has 0 unspecified atom stereocenters. The Morgan fingerprint density at radius 1 is 1.33 bits per heavy atom. The molecule has 0 atom stereocenters. The standard InChI is InChI=1S/C17H27N3O/c1-2-11-19-12-6-7-15(19)16(21)20-13-10-18-14-17(20)8-4-3-5-9-17/h6-7,12,18H,2-5,8-11,13-14H2,1H3. The smallest absolute Gasteiger partial charge is 0.271 e. The molecule has 1 aliphatic carbocycles. The van der Waals surface area contributed by atoms with Gasteiger partial charge in [-0.05, 0) is 31.4 Å². The summed E-state index contributed by atoms with van der Waals surface area (Å²) in [5.74, 6) is 0.233. The monoisotopic (exact) mass is 289 g/mol. The first-order valence-corrected chi connectivity index (χ1v) is 8.45. The van der Waals surface area contributed by atoms with Crippen molar-refractivity contribution in [1.82, 2.24) is 14.8 Å². The number of nitrogens with zero attached hydrogens (tertiary/aromatic N) is 2. The maximum atomic E-state index is 13.1. The number of carbonyl (C=O) groups excluding carboxylic acids is 1. The quantitative estimate of drug-likeness (QED) is 0.929. The van der Waals surface area contributed by atoms with Crippen molar-refractivity contribution in [2.75, 3.05) is 19.6 Å². The zero-order valence-corrected chi connectivity index (χ0v) is 13.1. The fraction of sp³-hybridized carbons (Fsp3) is 0.706. The lowest BCUT2D eigenvalue weighted by Crippen LogP contribution is -2.63. The first kappa shape index (κ1) is 14.6. The second-order valence-corrected chi connectivity index (χ2v) is 6.51. The Morgan fingerprint density at radius 2 is 2.14 bits per heavy atom. The van der Waals surface area contributed by atoms with Crippen LogP contribution in [0.15, 0.2) is 18.3 Å². The summed E-state index contributed by atoms with van der Waals surface area (Å²) in [4.78, 5) is 15.3. The van der Waals surface area contributed by atoms with Crippen molar-refractivity contribution in [2.24, 2.45) is 0 Å². The number of carbonyl (C=O) groups is 1. The summed E-state index contributed by atoms with van der Waals surface area (Å²) >= 11 is 0. The van der Waals surface area contributed by atoms with Crippen molar-refractivity contribution in [3.8, 4) is 0 Å². The van der Waals surface area contributed by atoms with Gasteiger partial charge in [0.15, 0.2) is 0 Å². The lowest BCUT2D eigenvalue weighted by atomic mass is 9.79. The number of rotatable bonds is 3. The molecule has 1 saturated heterocycles. The predicted octanol–water partition coefficient (Wildman–Crippen LogP) is 2.65. The molecule has 1 amide bonds. The maximum Gasteiger partial charge on any atom is 0.271 e. The predicted molar refractivity (Wildman–Crippen MR) is 84.4 cm³/mol. The third-order valence-electron chi connectivity index (χ3n) is 5.08. The largest absolute Gasteiger partial charge is 0.344 e. The highest BCUT2D eigenvalue weighted by Gasteiger charge is 2.42. The van der Waals surface area contributed by atoms with E-state index in [4.69, 9.17) is 0 Å². The zero-order chi connectivity index (χ0) is 14.7. The van der Waals surface area contributed by atoms with Crippen LogP contribution in [0.1, 0.15) is 55.9 Å². The summed E-state index contributed by atoms with van der Waals surface area (Å²) in [6.45, 7) is 5.81. The van der Waals surface area contributed by atoms with Gasteiger partial charge in [-0.1, -0.05) is 26.2 Å². The van der Waals surface area contributed by atoms with Gasteiger partial charge in [0.25, 0.3) is 5.91 Å². The molecule has 3 rings (SSSR count). The third kappa shape index (κ3) is 2.73. The van der Waals surface area contributed by atoms with Crippen molar-refractivity contribution in [1.29, 1.82) is 0 Å². The molecule has 0 aromatic carbocycles. The molecule has 1 spiro atoms. The van der Waals surface area contributed by atoms with Crippen molar-refractivity contribution < 1.29 is 4.79 Å². The highest BCUT2D eigenvalue weighted by molar-refractivity contribution is 5.93. The van der Waals surface area contributed by atoms with E-state index in [9.17, 15) is 4.79 Å². The molecule has 2 heterocycles. The van der Waals surface area contributed by atoms with Gasteiger partial charge in [-0.25, -0.2) is 0 Å². The molecule has 1 aromatic heterocycles. The number of aromatic nitrogens is 1. The van der Waals surface area contributed by atoms with Crippen LogP contribution in [-0.2, 0) is 6.54 Å². The first-order valence-electron chi connectivity index (χ1n) is 8.45. The number of hydrogen-bond acceptors (Lipinski definition) is 2. The van der Waals surface area contributed by atoms with Crippen LogP contribution in [0.4, 0.5) is 0 Å². The fourth-order valence-electron chi connectivity index (χ4n) is 4.00. The Balaban J connectivity index is 1.85. The van der Waals surface area contributed by atoms with E-state index in [1.54, 1.807) is 0 Å². The van der Waals surface area contributed by atoms with Gasteiger partial charge < -0.3 is 14.8 Å². The summed E-state index contributed by atoms with van der Waals surface area (Å²) in [5, 5.41) is 3.51. The minimum Gasteiger partial charge on any atom is -0.344 e. The van der Waals surface area contributed by atoms with Crippen molar-refractivity contribution in [3.05, 3.63) is 24.0 Å². The number of hydrogen-bond donors (Lipinski definition) is 1. The molecule has 1 aromatic rings. The lowest BCUT2D eigenvalue weighted by Gasteiger charge is -2.49. The van der Waals surface area contributed by atoms with Crippen molar-refractivity contribution in [3.63, 3.8) is 0 Å². The average molecular weight is 289 g/mol. The molecule has 0 radical (unpaired) electrons. The number of nitrogens with one attached hydrogen (secondary N) is 1. The van der Waals surface area contributed by atoms with E-state index < -0.39 is 0 Å². The molecule has 1 N–H and O–H groups in total. The van der Waals surface area contributed by atoms with Crippen LogP contribution in [-0.4, -0.2) is 40.5 Å². The van der Waals surface area contributed by atoms with Crippen LogP contribution < -0.4 is 5.32 Å². The number of piperazine rings is 1. The van der Waals surface area contributed by atoms with E-state index in [1.807, 2.05) is 18.3 Å². The van der Waals surface area contributed by atoms with Crippen LogP contribution in [0.2, 0.25) is 0 Å². The van der Waals surface area contributed by atoms with Crippen LogP contribution in [0.5, 0.6) is 0 Å². The SMILES string of the molecule is CCCn1cccc1C(=O)N1CCNCC12CCCCC2. The van der Waals surface area contributed by atoms with Gasteiger partial charge in [-0.3, -0.25) is 4.79 Å². The summed E-state index contributed by atoms with van der Waals surface area (Å²) in [5.41, 5.74) is 0.929. The molecule has 1 aliphatic heterocycles. The molecule has 21 heavy (non-hydrogen) atoms. The molecule has 2 fully saturated rings. The molecular formula is C17H27N3O. The Morgan fingerprint density at radius 3 is 2.90 bits per heavy atom. The minimum atomic E-state index is 0.0644. The second kappa shape index (κ2) is 6.22. The second-order valence-electron chi connectivity index (χ2n) is 6.51. The van der Waals surface area contributed by atoms with Crippen LogP contribution in [0.25, 0.3) is 0 Å². The van der Waals surface area contributed by atoms with Gasteiger partial charge in [-0.2, -0.15) is 0 Å². The molecule has 116 valence electrons. The van der Waals surface area contributed by atoms with Crippen LogP contribution >= 0.6 is 0 Å². The van der Waals surface area contributed by atoms with Crippen molar-refractivity contribution >= 4 is 5.91 Å². The van der Waals surface area contributed by atoms with E-state index in [0.29, 0.717) is 0 Å². The van der Waals surface area contributed by atoms with Gasteiger partial charge >= 0.3 is 0 Å². The van der Waals surface area contributed by atoms with Gasteiger partial charge in [0.1, 0.15) is 5.69 Å². The topological polar surface area (TPSA) is 37.3 Å². The van der Waals surface area contributed by atoms with Gasteiger partial charge in [-0.15, -0.1) is 0 Å². The zero-order valence-electron chi connectivity index (χ0n) is 13.1. The highest BCUT2D eigenvalue weighted by Crippen LogP contribution is 2.35.